The molecule has 0 saturated carbocycles. The van der Waals surface area contributed by atoms with Gasteiger partial charge in [-0.05, 0) is 18.2 Å². The lowest BCUT2D eigenvalue weighted by atomic mass is 10.1. The van der Waals surface area contributed by atoms with E-state index < -0.39 is 0 Å². The predicted molar refractivity (Wildman–Crippen MR) is 99.6 cm³/mol. The molecule has 2 fully saturated rings. The quantitative estimate of drug-likeness (QED) is 0.794. The fraction of sp³-hybridized carbons (Fsp3) is 0.333. The third kappa shape index (κ3) is 3.08. The standard InChI is InChI=1S/C18H18N4O4S/c1-20-15(7-14(19-20)11-4-3-5-13(6-11)26-2)17(24)21-8-12(9-21)22-16(23)10-27-18(22)25/h3-7,12H,8-10H2,1-2H3. The van der Waals surface area contributed by atoms with Crippen LogP contribution in [0.2, 0.25) is 0 Å². The summed E-state index contributed by atoms with van der Waals surface area (Å²) in [6.45, 7) is 0.715. The van der Waals surface area contributed by atoms with Crippen LogP contribution in [-0.2, 0) is 11.8 Å². The second-order valence-electron chi connectivity index (χ2n) is 6.45. The molecule has 9 heteroatoms. The van der Waals surface area contributed by atoms with Gasteiger partial charge in [0.2, 0.25) is 5.91 Å². The van der Waals surface area contributed by atoms with Crippen LogP contribution in [0.15, 0.2) is 30.3 Å². The molecule has 0 bridgehead atoms. The number of benzene rings is 1. The fourth-order valence-electron chi connectivity index (χ4n) is 3.25. The molecule has 3 heterocycles. The molecule has 8 nitrogen and oxygen atoms in total. The van der Waals surface area contributed by atoms with Crippen LogP contribution in [0.25, 0.3) is 11.3 Å². The zero-order valence-corrected chi connectivity index (χ0v) is 15.7. The van der Waals surface area contributed by atoms with Crippen molar-refractivity contribution in [3.05, 3.63) is 36.0 Å². The van der Waals surface area contributed by atoms with E-state index in [4.69, 9.17) is 4.74 Å². The normalized spacial score (nSPS) is 17.4. The largest absolute Gasteiger partial charge is 0.497 e. The van der Waals surface area contributed by atoms with E-state index in [1.807, 2.05) is 24.3 Å². The molecule has 1 aromatic carbocycles. The van der Waals surface area contributed by atoms with Gasteiger partial charge in [0.05, 0.1) is 24.6 Å². The molecule has 0 spiro atoms. The highest BCUT2D eigenvalue weighted by molar-refractivity contribution is 8.14. The molecule has 0 aliphatic carbocycles. The first kappa shape index (κ1) is 17.6. The van der Waals surface area contributed by atoms with E-state index in [9.17, 15) is 14.4 Å². The average molecular weight is 386 g/mol. The number of amides is 3. The third-order valence-corrected chi connectivity index (χ3v) is 5.60. The van der Waals surface area contributed by atoms with E-state index in [-0.39, 0.29) is 28.8 Å². The Kier molecular flexibility index (Phi) is 4.39. The number of aryl methyl sites for hydroxylation is 1. The molecule has 2 aliphatic heterocycles. The number of nitrogens with zero attached hydrogens (tertiary/aromatic N) is 4. The van der Waals surface area contributed by atoms with Crippen LogP contribution in [0.4, 0.5) is 4.79 Å². The smallest absolute Gasteiger partial charge is 0.289 e. The van der Waals surface area contributed by atoms with Crippen LogP contribution in [0, 0.1) is 0 Å². The number of thioether (sulfide) groups is 1. The zero-order chi connectivity index (χ0) is 19.1. The molecule has 0 atom stereocenters. The van der Waals surface area contributed by atoms with E-state index in [0.29, 0.717) is 24.5 Å². The minimum atomic E-state index is -0.227. The van der Waals surface area contributed by atoms with Gasteiger partial charge >= 0.3 is 0 Å². The molecule has 2 aromatic rings. The second-order valence-corrected chi connectivity index (χ2v) is 7.38. The molecular formula is C18H18N4O4S. The van der Waals surface area contributed by atoms with Crippen molar-refractivity contribution in [1.29, 1.82) is 0 Å². The monoisotopic (exact) mass is 386 g/mol. The van der Waals surface area contributed by atoms with Crippen LogP contribution in [0.5, 0.6) is 5.75 Å². The molecule has 0 N–H and O–H groups in total. The van der Waals surface area contributed by atoms with Gasteiger partial charge in [0.15, 0.2) is 0 Å². The lowest BCUT2D eigenvalue weighted by Crippen LogP contribution is -2.62. The second kappa shape index (κ2) is 6.73. The van der Waals surface area contributed by atoms with E-state index in [1.54, 1.807) is 29.8 Å². The predicted octanol–water partition coefficient (Wildman–Crippen LogP) is 1.62. The Morgan fingerprint density at radius 1 is 1.26 bits per heavy atom. The highest BCUT2D eigenvalue weighted by Gasteiger charge is 2.43. The van der Waals surface area contributed by atoms with Gasteiger partial charge in [0, 0.05) is 25.7 Å². The van der Waals surface area contributed by atoms with Gasteiger partial charge in [-0.15, -0.1) is 0 Å². The molecule has 2 saturated heterocycles. The number of carbonyl (C=O) groups excluding carboxylic acids is 3. The van der Waals surface area contributed by atoms with Crippen molar-refractivity contribution >= 4 is 28.8 Å². The van der Waals surface area contributed by atoms with E-state index in [2.05, 4.69) is 5.10 Å². The lowest BCUT2D eigenvalue weighted by molar-refractivity contribution is -0.128. The first-order chi connectivity index (χ1) is 13.0. The van der Waals surface area contributed by atoms with Gasteiger partial charge in [-0.25, -0.2) is 0 Å². The summed E-state index contributed by atoms with van der Waals surface area (Å²) in [4.78, 5) is 39.2. The van der Waals surface area contributed by atoms with Crippen molar-refractivity contribution in [1.82, 2.24) is 19.6 Å². The van der Waals surface area contributed by atoms with Crippen LogP contribution >= 0.6 is 11.8 Å². The van der Waals surface area contributed by atoms with Gasteiger partial charge in [0.1, 0.15) is 11.4 Å². The van der Waals surface area contributed by atoms with E-state index >= 15 is 0 Å². The van der Waals surface area contributed by atoms with Gasteiger partial charge in [0.25, 0.3) is 11.1 Å². The summed E-state index contributed by atoms with van der Waals surface area (Å²) in [5.41, 5.74) is 1.99. The number of hydrogen-bond donors (Lipinski definition) is 0. The highest BCUT2D eigenvalue weighted by Crippen LogP contribution is 2.28. The summed E-state index contributed by atoms with van der Waals surface area (Å²) in [5.74, 6) is 0.564. The number of aromatic nitrogens is 2. The van der Waals surface area contributed by atoms with Gasteiger partial charge in [-0.3, -0.25) is 24.0 Å². The van der Waals surface area contributed by atoms with Crippen molar-refractivity contribution in [2.45, 2.75) is 6.04 Å². The Hall–Kier alpha value is -2.81. The van der Waals surface area contributed by atoms with E-state index in [1.165, 1.54) is 4.90 Å². The molecular weight excluding hydrogens is 368 g/mol. The van der Waals surface area contributed by atoms with Crippen LogP contribution in [0.3, 0.4) is 0 Å². The SMILES string of the molecule is COc1cccc(-c2cc(C(=O)N3CC(N4C(=O)CSC4=O)C3)n(C)n2)c1. The summed E-state index contributed by atoms with van der Waals surface area (Å²) in [5, 5.41) is 4.21. The molecule has 0 radical (unpaired) electrons. The minimum Gasteiger partial charge on any atom is -0.497 e. The molecule has 4 rings (SSSR count). The van der Waals surface area contributed by atoms with Crippen molar-refractivity contribution in [2.24, 2.45) is 7.05 Å². The summed E-state index contributed by atoms with van der Waals surface area (Å²) in [6, 6.07) is 8.99. The number of methoxy groups -OCH3 is 1. The van der Waals surface area contributed by atoms with Gasteiger partial charge in [-0.1, -0.05) is 23.9 Å². The van der Waals surface area contributed by atoms with Crippen molar-refractivity contribution < 1.29 is 19.1 Å². The molecule has 140 valence electrons. The first-order valence-electron chi connectivity index (χ1n) is 8.44. The number of imide groups is 1. The first-order valence-corrected chi connectivity index (χ1v) is 9.43. The average Bonchev–Trinajstić information content (AvgIpc) is 3.17. The highest BCUT2D eigenvalue weighted by atomic mass is 32.2. The Balaban J connectivity index is 1.48. The van der Waals surface area contributed by atoms with Gasteiger partial charge < -0.3 is 9.64 Å². The maximum atomic E-state index is 12.8. The van der Waals surface area contributed by atoms with E-state index in [0.717, 1.165) is 23.1 Å². The van der Waals surface area contributed by atoms with Gasteiger partial charge in [-0.2, -0.15) is 5.10 Å². The van der Waals surface area contributed by atoms with Crippen LogP contribution < -0.4 is 4.74 Å². The zero-order valence-electron chi connectivity index (χ0n) is 14.9. The molecule has 27 heavy (non-hydrogen) atoms. The van der Waals surface area contributed by atoms with Crippen molar-refractivity contribution in [2.75, 3.05) is 26.0 Å². The Morgan fingerprint density at radius 3 is 2.70 bits per heavy atom. The van der Waals surface area contributed by atoms with Crippen LogP contribution in [0.1, 0.15) is 10.5 Å². The number of rotatable bonds is 4. The summed E-state index contributed by atoms with van der Waals surface area (Å²) < 4.78 is 6.78. The third-order valence-electron chi connectivity index (χ3n) is 4.76. The summed E-state index contributed by atoms with van der Waals surface area (Å²) in [6.07, 6.45) is 0. The molecule has 0 unspecified atom stereocenters. The Morgan fingerprint density at radius 2 is 2.04 bits per heavy atom. The Labute approximate surface area is 160 Å². The maximum Gasteiger partial charge on any atom is 0.289 e. The topological polar surface area (TPSA) is 84.7 Å². The molecule has 2 aliphatic rings. The molecule has 3 amide bonds. The number of likely N-dealkylation sites (tertiary alicyclic amines) is 1. The minimum absolute atomic E-state index is 0.165. The number of carbonyl (C=O) groups is 3. The van der Waals surface area contributed by atoms with Crippen molar-refractivity contribution in [3.63, 3.8) is 0 Å². The number of hydrogen-bond acceptors (Lipinski definition) is 6. The van der Waals surface area contributed by atoms with Crippen LogP contribution in [-0.4, -0.2) is 68.6 Å². The summed E-state index contributed by atoms with van der Waals surface area (Å²) >= 11 is 1.01. The molecule has 1 aromatic heterocycles. The summed E-state index contributed by atoms with van der Waals surface area (Å²) in [7, 11) is 3.32. The Bertz CT molecular complexity index is 919. The maximum absolute atomic E-state index is 12.8. The van der Waals surface area contributed by atoms with Crippen molar-refractivity contribution in [3.8, 4) is 17.0 Å². The number of ether oxygens (including phenoxy) is 1. The lowest BCUT2D eigenvalue weighted by Gasteiger charge is -2.42. The fourth-order valence-corrected chi connectivity index (χ4v) is 4.03.